The van der Waals surface area contributed by atoms with E-state index in [0.717, 1.165) is 11.4 Å². The van der Waals surface area contributed by atoms with Crippen LogP contribution < -0.4 is 15.4 Å². The molecule has 104 valence electrons. The van der Waals surface area contributed by atoms with Crippen LogP contribution in [0.15, 0.2) is 24.3 Å². The van der Waals surface area contributed by atoms with Gasteiger partial charge in [-0.15, -0.1) is 0 Å². The molecule has 0 unspecified atom stereocenters. The number of anilines is 1. The van der Waals surface area contributed by atoms with Gasteiger partial charge < -0.3 is 20.1 Å². The van der Waals surface area contributed by atoms with Gasteiger partial charge in [-0.05, 0) is 43.4 Å². The second-order valence-corrected chi connectivity index (χ2v) is 4.11. The molecule has 0 spiro atoms. The number of amides is 1. The zero-order valence-electron chi connectivity index (χ0n) is 11.1. The summed E-state index contributed by atoms with van der Waals surface area (Å²) >= 11 is 4.95. The van der Waals surface area contributed by atoms with E-state index in [9.17, 15) is 4.79 Å². The molecule has 0 heterocycles. The van der Waals surface area contributed by atoms with Gasteiger partial charge in [-0.25, -0.2) is 0 Å². The third-order valence-electron chi connectivity index (χ3n) is 2.10. The van der Waals surface area contributed by atoms with Crippen LogP contribution in [0.25, 0.3) is 0 Å². The number of carbonyl (C=O) groups excluding carboxylic acids is 1. The lowest BCUT2D eigenvalue weighted by molar-refractivity contribution is -0.117. The predicted octanol–water partition coefficient (Wildman–Crippen LogP) is 1.93. The van der Waals surface area contributed by atoms with E-state index in [4.69, 9.17) is 21.7 Å². The maximum absolute atomic E-state index is 10.8. The van der Waals surface area contributed by atoms with Crippen molar-refractivity contribution in [3.8, 4) is 5.75 Å². The summed E-state index contributed by atoms with van der Waals surface area (Å²) in [6, 6.07) is 7.30. The average Bonchev–Trinajstić information content (AvgIpc) is 2.35. The van der Waals surface area contributed by atoms with E-state index >= 15 is 0 Å². The summed E-state index contributed by atoms with van der Waals surface area (Å²) in [7, 11) is 0. The molecule has 2 N–H and O–H groups in total. The van der Waals surface area contributed by atoms with Gasteiger partial charge in [-0.1, -0.05) is 0 Å². The van der Waals surface area contributed by atoms with Gasteiger partial charge in [-0.2, -0.15) is 0 Å². The van der Waals surface area contributed by atoms with Crippen molar-refractivity contribution in [3.05, 3.63) is 24.3 Å². The van der Waals surface area contributed by atoms with Crippen molar-refractivity contribution in [2.75, 3.05) is 25.1 Å². The lowest BCUT2D eigenvalue weighted by Gasteiger charge is -2.09. The lowest BCUT2D eigenvalue weighted by Crippen LogP contribution is -2.32. The van der Waals surface area contributed by atoms with E-state index in [1.807, 2.05) is 31.2 Å². The molecule has 1 aromatic carbocycles. The first-order chi connectivity index (χ1) is 9.11. The first-order valence-corrected chi connectivity index (χ1v) is 6.42. The molecule has 0 aliphatic rings. The van der Waals surface area contributed by atoms with Crippen LogP contribution in [-0.2, 0) is 9.53 Å². The zero-order chi connectivity index (χ0) is 14.1. The summed E-state index contributed by atoms with van der Waals surface area (Å²) < 4.78 is 10.7. The maximum atomic E-state index is 10.8. The van der Waals surface area contributed by atoms with Gasteiger partial charge in [0.15, 0.2) is 5.11 Å². The Morgan fingerprint density at radius 2 is 1.95 bits per heavy atom. The van der Waals surface area contributed by atoms with E-state index in [1.165, 1.54) is 6.92 Å². The number of nitrogens with one attached hydrogen (secondary N) is 2. The molecule has 0 radical (unpaired) electrons. The lowest BCUT2D eigenvalue weighted by atomic mass is 10.3. The molecule has 19 heavy (non-hydrogen) atoms. The molecule has 1 aromatic rings. The molecule has 0 aromatic heterocycles. The number of carbonyl (C=O) groups is 1. The fourth-order valence-corrected chi connectivity index (χ4v) is 1.58. The minimum Gasteiger partial charge on any atom is -0.491 e. The molecular weight excluding hydrogens is 264 g/mol. The molecule has 0 bridgehead atoms. The Morgan fingerprint density at radius 1 is 1.26 bits per heavy atom. The normalized spacial score (nSPS) is 9.79. The maximum Gasteiger partial charge on any atom is 0.222 e. The van der Waals surface area contributed by atoms with Crippen molar-refractivity contribution in [1.29, 1.82) is 0 Å². The minimum atomic E-state index is -0.201. The van der Waals surface area contributed by atoms with Crippen LogP contribution >= 0.6 is 12.2 Å². The monoisotopic (exact) mass is 282 g/mol. The average molecular weight is 282 g/mol. The second-order valence-electron chi connectivity index (χ2n) is 3.71. The van der Waals surface area contributed by atoms with Crippen LogP contribution in [0.3, 0.4) is 0 Å². The summed E-state index contributed by atoms with van der Waals surface area (Å²) in [6.07, 6.45) is 0. The van der Waals surface area contributed by atoms with Crippen LogP contribution in [0.5, 0.6) is 5.75 Å². The van der Waals surface area contributed by atoms with Gasteiger partial charge in [0.05, 0.1) is 6.61 Å². The van der Waals surface area contributed by atoms with Crippen LogP contribution in [-0.4, -0.2) is 30.8 Å². The van der Waals surface area contributed by atoms with E-state index in [1.54, 1.807) is 0 Å². The quantitative estimate of drug-likeness (QED) is 0.617. The number of hydrogen-bond acceptors (Lipinski definition) is 4. The third kappa shape index (κ3) is 6.73. The molecule has 0 saturated carbocycles. The number of hydrogen-bond donors (Lipinski definition) is 2. The summed E-state index contributed by atoms with van der Waals surface area (Å²) in [5.74, 6) is 0.559. The molecule has 0 saturated heterocycles. The van der Waals surface area contributed by atoms with Crippen molar-refractivity contribution >= 4 is 28.9 Å². The van der Waals surface area contributed by atoms with Gasteiger partial charge in [0.2, 0.25) is 5.91 Å². The number of benzene rings is 1. The summed E-state index contributed by atoms with van der Waals surface area (Å²) in [4.78, 5) is 10.8. The van der Waals surface area contributed by atoms with Gasteiger partial charge >= 0.3 is 0 Å². The van der Waals surface area contributed by atoms with Gasteiger partial charge in [0.25, 0.3) is 0 Å². The highest BCUT2D eigenvalue weighted by Crippen LogP contribution is 2.15. The van der Waals surface area contributed by atoms with E-state index in [-0.39, 0.29) is 11.0 Å². The Labute approximate surface area is 118 Å². The number of rotatable bonds is 6. The van der Waals surface area contributed by atoms with Gasteiger partial charge in [-0.3, -0.25) is 4.79 Å². The fraction of sp³-hybridized carbons (Fsp3) is 0.385. The van der Waals surface area contributed by atoms with Crippen molar-refractivity contribution in [1.82, 2.24) is 5.32 Å². The van der Waals surface area contributed by atoms with Crippen LogP contribution in [0.2, 0.25) is 0 Å². The van der Waals surface area contributed by atoms with Gasteiger partial charge in [0.1, 0.15) is 12.4 Å². The Kier molecular flexibility index (Phi) is 6.84. The van der Waals surface area contributed by atoms with Crippen molar-refractivity contribution in [3.63, 3.8) is 0 Å². The Hall–Kier alpha value is -1.66. The van der Waals surface area contributed by atoms with Crippen LogP contribution in [0.1, 0.15) is 13.8 Å². The molecule has 1 rings (SSSR count). The topological polar surface area (TPSA) is 59.6 Å². The zero-order valence-corrected chi connectivity index (χ0v) is 11.9. The molecule has 0 aliphatic carbocycles. The second kappa shape index (κ2) is 8.44. The summed E-state index contributed by atoms with van der Waals surface area (Å²) in [5.41, 5.74) is 0.788. The van der Waals surface area contributed by atoms with Crippen molar-refractivity contribution in [2.24, 2.45) is 0 Å². The molecule has 0 fully saturated rings. The molecular formula is C13H18N2O3S. The van der Waals surface area contributed by atoms with Crippen LogP contribution in [0.4, 0.5) is 5.69 Å². The smallest absolute Gasteiger partial charge is 0.222 e. The fourth-order valence-electron chi connectivity index (χ4n) is 1.32. The van der Waals surface area contributed by atoms with Crippen molar-refractivity contribution in [2.45, 2.75) is 13.8 Å². The Balaban J connectivity index is 2.38. The SMILES string of the molecule is CCOCCOc1ccc(NC(=S)NC(C)=O)cc1. The van der Waals surface area contributed by atoms with E-state index in [0.29, 0.717) is 19.8 Å². The van der Waals surface area contributed by atoms with Gasteiger partial charge in [0, 0.05) is 19.2 Å². The first kappa shape index (κ1) is 15.4. The predicted molar refractivity (Wildman–Crippen MR) is 78.5 cm³/mol. The highest BCUT2D eigenvalue weighted by molar-refractivity contribution is 7.80. The largest absolute Gasteiger partial charge is 0.491 e. The molecule has 6 heteroatoms. The number of thiocarbonyl (C=S) groups is 1. The Morgan fingerprint density at radius 3 is 2.53 bits per heavy atom. The Bertz CT molecular complexity index is 420. The van der Waals surface area contributed by atoms with Crippen molar-refractivity contribution < 1.29 is 14.3 Å². The number of ether oxygens (including phenoxy) is 2. The first-order valence-electron chi connectivity index (χ1n) is 6.01. The van der Waals surface area contributed by atoms with E-state index in [2.05, 4.69) is 10.6 Å². The van der Waals surface area contributed by atoms with E-state index < -0.39 is 0 Å². The summed E-state index contributed by atoms with van der Waals surface area (Å²) in [5, 5.41) is 5.66. The third-order valence-corrected chi connectivity index (χ3v) is 2.31. The highest BCUT2D eigenvalue weighted by atomic mass is 32.1. The standard InChI is InChI=1S/C13H18N2O3S/c1-3-17-8-9-18-12-6-4-11(5-7-12)15-13(19)14-10(2)16/h4-7H,3,8-9H2,1-2H3,(H2,14,15,16,19). The molecule has 5 nitrogen and oxygen atoms in total. The van der Waals surface area contributed by atoms with Crippen LogP contribution in [0, 0.1) is 0 Å². The highest BCUT2D eigenvalue weighted by Gasteiger charge is 2.00. The summed E-state index contributed by atoms with van der Waals surface area (Å²) in [6.45, 7) is 5.13. The molecule has 0 atom stereocenters. The molecule has 0 aliphatic heterocycles. The minimum absolute atomic E-state index is 0.201. The molecule has 1 amide bonds.